The highest BCUT2D eigenvalue weighted by molar-refractivity contribution is 5.87. The third kappa shape index (κ3) is 0.935. The van der Waals surface area contributed by atoms with Crippen molar-refractivity contribution in [3.8, 4) is 11.8 Å². The van der Waals surface area contributed by atoms with Crippen LogP contribution in [0.15, 0.2) is 30.3 Å². The van der Waals surface area contributed by atoms with Gasteiger partial charge in [0.1, 0.15) is 0 Å². The molecule has 0 aliphatic carbocycles. The maximum absolute atomic E-state index is 5.26. The average Bonchev–Trinajstić information content (AvgIpc) is 2.18. The van der Waals surface area contributed by atoms with Gasteiger partial charge in [-0.05, 0) is 11.5 Å². The number of aromatic nitrogens is 1. The summed E-state index contributed by atoms with van der Waals surface area (Å²) in [4.78, 5) is 4.16. The maximum atomic E-state index is 5.26. The van der Waals surface area contributed by atoms with Gasteiger partial charge in [-0.3, -0.25) is 0 Å². The summed E-state index contributed by atoms with van der Waals surface area (Å²) in [5, 5.41) is 2.14. The Morgan fingerprint density at radius 3 is 3.08 bits per heavy atom. The molecule has 0 unspecified atom stereocenters. The summed E-state index contributed by atoms with van der Waals surface area (Å²) < 4.78 is 10.4. The molecule has 0 N–H and O–H groups in total. The molecule has 1 aromatic carbocycles. The topological polar surface area (TPSA) is 31.4 Å². The monoisotopic (exact) mass is 173 g/mol. The maximum Gasteiger partial charge on any atom is 0.234 e. The standard InChI is InChI=1S/C10H7NO2/c1-2-4-8-7(3-1)5-9-11-10(8)13-6-12-9/h1-5H,6H2. The number of pyridine rings is 1. The predicted molar refractivity (Wildman–Crippen MR) is 47.9 cm³/mol. The Morgan fingerprint density at radius 2 is 2.08 bits per heavy atom. The summed E-state index contributed by atoms with van der Waals surface area (Å²) in [5.74, 6) is 1.30. The molecule has 3 nitrogen and oxygen atoms in total. The van der Waals surface area contributed by atoms with E-state index in [-0.39, 0.29) is 6.79 Å². The van der Waals surface area contributed by atoms with Gasteiger partial charge in [-0.2, -0.15) is 4.98 Å². The van der Waals surface area contributed by atoms with Gasteiger partial charge < -0.3 is 9.47 Å². The van der Waals surface area contributed by atoms with E-state index in [1.165, 1.54) is 0 Å². The molecule has 3 rings (SSSR count). The second kappa shape index (κ2) is 2.36. The predicted octanol–water partition coefficient (Wildman–Crippen LogP) is 1.96. The minimum Gasteiger partial charge on any atom is -0.440 e. The van der Waals surface area contributed by atoms with Gasteiger partial charge in [0.2, 0.25) is 18.6 Å². The molecule has 3 heteroatoms. The highest BCUT2D eigenvalue weighted by Gasteiger charge is 2.11. The van der Waals surface area contributed by atoms with Gasteiger partial charge in [0.15, 0.2) is 0 Å². The fraction of sp³-hybridized carbons (Fsp3) is 0.100. The molecular formula is C10H7NO2. The smallest absolute Gasteiger partial charge is 0.234 e. The zero-order valence-corrected chi connectivity index (χ0v) is 6.86. The minimum absolute atomic E-state index is 0.263. The third-order valence-electron chi connectivity index (χ3n) is 2.08. The van der Waals surface area contributed by atoms with Crippen LogP contribution in [-0.4, -0.2) is 11.8 Å². The highest BCUT2D eigenvalue weighted by atomic mass is 16.7. The summed E-state index contributed by atoms with van der Waals surface area (Å²) in [5.41, 5.74) is 0. The first-order valence-corrected chi connectivity index (χ1v) is 4.09. The van der Waals surface area contributed by atoms with E-state index in [4.69, 9.17) is 9.47 Å². The van der Waals surface area contributed by atoms with Crippen molar-refractivity contribution in [3.05, 3.63) is 30.3 Å². The lowest BCUT2D eigenvalue weighted by Crippen LogP contribution is -2.13. The van der Waals surface area contributed by atoms with E-state index in [0.717, 1.165) is 10.8 Å². The van der Waals surface area contributed by atoms with E-state index in [1.807, 2.05) is 30.3 Å². The minimum atomic E-state index is 0.263. The van der Waals surface area contributed by atoms with Gasteiger partial charge >= 0.3 is 0 Å². The summed E-state index contributed by atoms with van der Waals surface area (Å²) >= 11 is 0. The lowest BCUT2D eigenvalue weighted by molar-refractivity contribution is 0.0906. The average molecular weight is 173 g/mol. The number of rotatable bonds is 0. The normalized spacial score (nSPS) is 13.5. The van der Waals surface area contributed by atoms with Gasteiger partial charge in [0, 0.05) is 11.5 Å². The van der Waals surface area contributed by atoms with Gasteiger partial charge in [0.05, 0.1) is 0 Å². The van der Waals surface area contributed by atoms with E-state index < -0.39 is 0 Å². The molecule has 2 bridgehead atoms. The summed E-state index contributed by atoms with van der Waals surface area (Å²) in [6, 6.07) is 9.88. The zero-order chi connectivity index (χ0) is 8.67. The Kier molecular flexibility index (Phi) is 1.22. The summed E-state index contributed by atoms with van der Waals surface area (Å²) in [7, 11) is 0. The van der Waals surface area contributed by atoms with Gasteiger partial charge in [-0.25, -0.2) is 0 Å². The number of ether oxygens (including phenoxy) is 2. The molecule has 1 aliphatic heterocycles. The second-order valence-electron chi connectivity index (χ2n) is 2.89. The summed E-state index contributed by atoms with van der Waals surface area (Å²) in [6.07, 6.45) is 0. The molecule has 1 aromatic heterocycles. The SMILES string of the molecule is c1ccc2c3nc(cc2c1)OCO3. The Hall–Kier alpha value is -1.77. The molecule has 64 valence electrons. The number of hydrogen-bond donors (Lipinski definition) is 0. The molecule has 0 atom stereocenters. The molecule has 1 aliphatic rings. The van der Waals surface area contributed by atoms with Gasteiger partial charge in [-0.1, -0.05) is 18.2 Å². The number of fused-ring (bicyclic) bond motifs is 4. The van der Waals surface area contributed by atoms with Crippen molar-refractivity contribution in [3.63, 3.8) is 0 Å². The zero-order valence-electron chi connectivity index (χ0n) is 6.86. The molecule has 2 heterocycles. The fourth-order valence-electron chi connectivity index (χ4n) is 1.47. The van der Waals surface area contributed by atoms with Crippen LogP contribution in [0.4, 0.5) is 0 Å². The van der Waals surface area contributed by atoms with E-state index in [2.05, 4.69) is 4.98 Å². The van der Waals surface area contributed by atoms with E-state index in [1.54, 1.807) is 0 Å². The fourth-order valence-corrected chi connectivity index (χ4v) is 1.47. The van der Waals surface area contributed by atoms with Crippen molar-refractivity contribution in [2.75, 3.05) is 6.79 Å². The van der Waals surface area contributed by atoms with Crippen LogP contribution in [0.3, 0.4) is 0 Å². The van der Waals surface area contributed by atoms with Crippen LogP contribution in [0.25, 0.3) is 10.8 Å². The molecule has 0 saturated heterocycles. The molecular weight excluding hydrogens is 166 g/mol. The van der Waals surface area contributed by atoms with Crippen molar-refractivity contribution in [1.82, 2.24) is 4.98 Å². The first-order valence-electron chi connectivity index (χ1n) is 4.09. The van der Waals surface area contributed by atoms with Crippen molar-refractivity contribution in [1.29, 1.82) is 0 Å². The molecule has 0 amide bonds. The first-order chi connectivity index (χ1) is 6.43. The van der Waals surface area contributed by atoms with Crippen molar-refractivity contribution in [2.24, 2.45) is 0 Å². The Labute approximate surface area is 74.9 Å². The van der Waals surface area contributed by atoms with Crippen molar-refractivity contribution < 1.29 is 9.47 Å². The van der Waals surface area contributed by atoms with E-state index in [9.17, 15) is 0 Å². The van der Waals surface area contributed by atoms with Crippen LogP contribution in [-0.2, 0) is 0 Å². The van der Waals surface area contributed by atoms with E-state index in [0.29, 0.717) is 11.8 Å². The van der Waals surface area contributed by atoms with Crippen molar-refractivity contribution >= 4 is 10.8 Å². The van der Waals surface area contributed by atoms with Crippen LogP contribution in [0.2, 0.25) is 0 Å². The second-order valence-corrected chi connectivity index (χ2v) is 2.89. The van der Waals surface area contributed by atoms with Crippen LogP contribution in [0, 0.1) is 0 Å². The lowest BCUT2D eigenvalue weighted by atomic mass is 10.2. The number of nitrogens with zero attached hydrogens (tertiary/aromatic N) is 1. The lowest BCUT2D eigenvalue weighted by Gasteiger charge is -2.15. The number of benzene rings is 1. The van der Waals surface area contributed by atoms with Gasteiger partial charge in [0.25, 0.3) is 0 Å². The molecule has 2 aromatic rings. The largest absolute Gasteiger partial charge is 0.440 e. The third-order valence-corrected chi connectivity index (χ3v) is 2.08. The molecule has 0 spiro atoms. The van der Waals surface area contributed by atoms with E-state index >= 15 is 0 Å². The number of hydrogen-bond acceptors (Lipinski definition) is 3. The van der Waals surface area contributed by atoms with Crippen LogP contribution >= 0.6 is 0 Å². The molecule has 0 saturated carbocycles. The van der Waals surface area contributed by atoms with Crippen LogP contribution in [0.5, 0.6) is 11.8 Å². The Morgan fingerprint density at radius 1 is 1.15 bits per heavy atom. The quantitative estimate of drug-likeness (QED) is 0.610. The van der Waals surface area contributed by atoms with Crippen LogP contribution in [0.1, 0.15) is 0 Å². The molecule has 13 heavy (non-hydrogen) atoms. The molecule has 0 fully saturated rings. The Balaban J connectivity index is 2.43. The summed E-state index contributed by atoms with van der Waals surface area (Å²) in [6.45, 7) is 0.263. The molecule has 0 radical (unpaired) electrons. The van der Waals surface area contributed by atoms with Gasteiger partial charge in [-0.15, -0.1) is 0 Å². The Bertz CT molecular complexity index is 467. The van der Waals surface area contributed by atoms with Crippen LogP contribution < -0.4 is 9.47 Å². The van der Waals surface area contributed by atoms with Crippen molar-refractivity contribution in [2.45, 2.75) is 0 Å². The first kappa shape index (κ1) is 6.71. The highest BCUT2D eigenvalue weighted by Crippen LogP contribution is 2.29.